The van der Waals surface area contributed by atoms with E-state index in [0.29, 0.717) is 49.0 Å². The lowest BCUT2D eigenvalue weighted by Crippen LogP contribution is -2.25. The predicted octanol–water partition coefficient (Wildman–Crippen LogP) is 3.08. The molecule has 3 aromatic rings. The average Bonchev–Trinajstić information content (AvgIpc) is 3.11. The molecule has 2 aromatic heterocycles. The van der Waals surface area contributed by atoms with Crippen molar-refractivity contribution < 1.29 is 14.3 Å². The summed E-state index contributed by atoms with van der Waals surface area (Å²) in [5, 5.41) is 3.57. The Bertz CT molecular complexity index is 1020. The molecule has 3 rings (SSSR count). The molecule has 0 aliphatic heterocycles. The first-order chi connectivity index (χ1) is 14.5. The summed E-state index contributed by atoms with van der Waals surface area (Å²) in [6.07, 6.45) is 2.42. The summed E-state index contributed by atoms with van der Waals surface area (Å²) in [5.74, 6) is -0.166. The van der Waals surface area contributed by atoms with Gasteiger partial charge in [0.1, 0.15) is 17.9 Å². The first kappa shape index (κ1) is 21.8. The monoisotopic (exact) mass is 428 g/mol. The number of pyridine rings is 1. The van der Waals surface area contributed by atoms with E-state index in [-0.39, 0.29) is 5.91 Å². The average molecular weight is 429 g/mol. The van der Waals surface area contributed by atoms with Gasteiger partial charge in [0.05, 0.1) is 5.69 Å². The molecule has 0 atom stereocenters. The van der Waals surface area contributed by atoms with Crippen molar-refractivity contribution in [3.8, 4) is 0 Å². The Morgan fingerprint density at radius 2 is 2.00 bits per heavy atom. The van der Waals surface area contributed by atoms with Gasteiger partial charge < -0.3 is 10.1 Å². The zero-order chi connectivity index (χ0) is 21.5. The number of aryl methyl sites for hydroxylation is 1. The highest BCUT2D eigenvalue weighted by Crippen LogP contribution is 2.18. The van der Waals surface area contributed by atoms with Crippen molar-refractivity contribution in [3.05, 3.63) is 70.1 Å². The lowest BCUT2D eigenvalue weighted by atomic mass is 10.1. The summed E-state index contributed by atoms with van der Waals surface area (Å²) in [7, 11) is 1.97. The number of benzene rings is 1. The largest absolute Gasteiger partial charge is 0.467 e. The van der Waals surface area contributed by atoms with E-state index < -0.39 is 0 Å². The summed E-state index contributed by atoms with van der Waals surface area (Å²) in [6.45, 7) is 4.65. The van der Waals surface area contributed by atoms with Crippen LogP contribution in [0.15, 0.2) is 42.6 Å². The topological polar surface area (TPSA) is 75.9 Å². The summed E-state index contributed by atoms with van der Waals surface area (Å²) >= 11 is 6.04. The zero-order valence-electron chi connectivity index (χ0n) is 17.1. The number of hydrogen-bond acceptors (Lipinski definition) is 5. The van der Waals surface area contributed by atoms with Crippen LogP contribution in [-0.4, -0.2) is 46.9 Å². The number of carbonyl (C=O) groups excluding carboxylic acids is 2. The minimum Gasteiger partial charge on any atom is -0.467 e. The molecule has 8 heteroatoms. The molecule has 0 radical (unpaired) electrons. The quantitative estimate of drug-likeness (QED) is 0.396. The molecule has 0 saturated heterocycles. The van der Waals surface area contributed by atoms with Crippen LogP contribution in [-0.2, 0) is 29.0 Å². The van der Waals surface area contributed by atoms with E-state index >= 15 is 0 Å². The first-order valence-corrected chi connectivity index (χ1v) is 10.2. The number of imidazole rings is 1. The minimum atomic E-state index is -0.166. The van der Waals surface area contributed by atoms with Crippen LogP contribution in [0.25, 0.3) is 5.65 Å². The van der Waals surface area contributed by atoms with Crippen molar-refractivity contribution in [2.24, 2.45) is 0 Å². The van der Waals surface area contributed by atoms with Crippen molar-refractivity contribution in [1.29, 1.82) is 0 Å². The van der Waals surface area contributed by atoms with Gasteiger partial charge in [-0.2, -0.15) is 0 Å². The Morgan fingerprint density at radius 1 is 1.27 bits per heavy atom. The predicted molar refractivity (Wildman–Crippen MR) is 116 cm³/mol. The second-order valence-corrected chi connectivity index (χ2v) is 7.47. The smallest absolute Gasteiger partial charge is 0.293 e. The van der Waals surface area contributed by atoms with Crippen LogP contribution in [0.3, 0.4) is 0 Å². The molecule has 0 saturated carbocycles. The molecule has 1 aromatic carbocycles. The van der Waals surface area contributed by atoms with E-state index in [0.717, 1.165) is 23.4 Å². The fourth-order valence-electron chi connectivity index (χ4n) is 3.23. The Morgan fingerprint density at radius 3 is 2.70 bits per heavy atom. The number of amides is 1. The lowest BCUT2D eigenvalue weighted by Gasteiger charge is -2.16. The normalized spacial score (nSPS) is 11.1. The van der Waals surface area contributed by atoms with Gasteiger partial charge in [-0.1, -0.05) is 42.8 Å². The molecule has 0 bridgehead atoms. The van der Waals surface area contributed by atoms with E-state index in [9.17, 15) is 9.59 Å². The molecule has 158 valence electrons. The molecule has 0 aliphatic rings. The molecular formula is C22H25ClN4O3. The molecule has 0 aliphatic carbocycles. The standard InChI is InChI=1S/C22H25ClN4O3/c1-3-19-21(27-9-8-18(23)12-20(27)25-19)22(29)24-13-16-4-6-17(7-5-16)14-26(2)10-11-30-15-28/h4-9,12,15H,3,10-11,13-14H2,1-2H3,(H,24,29). The summed E-state index contributed by atoms with van der Waals surface area (Å²) in [5.41, 5.74) is 4.10. The highest BCUT2D eigenvalue weighted by Gasteiger charge is 2.18. The molecule has 7 nitrogen and oxygen atoms in total. The van der Waals surface area contributed by atoms with E-state index in [1.54, 1.807) is 22.7 Å². The van der Waals surface area contributed by atoms with Crippen LogP contribution in [0.4, 0.5) is 0 Å². The molecule has 0 spiro atoms. The number of fused-ring (bicyclic) bond motifs is 1. The van der Waals surface area contributed by atoms with Gasteiger partial charge in [-0.3, -0.25) is 18.9 Å². The Hall–Kier alpha value is -2.90. The van der Waals surface area contributed by atoms with Crippen molar-refractivity contribution in [1.82, 2.24) is 19.6 Å². The van der Waals surface area contributed by atoms with E-state index in [4.69, 9.17) is 16.3 Å². The Balaban J connectivity index is 1.61. The SMILES string of the molecule is CCc1nc2cc(Cl)ccn2c1C(=O)NCc1ccc(CN(C)CCOC=O)cc1. The molecule has 30 heavy (non-hydrogen) atoms. The number of rotatable bonds is 10. The van der Waals surface area contributed by atoms with E-state index in [2.05, 4.69) is 15.2 Å². The number of aromatic nitrogens is 2. The van der Waals surface area contributed by atoms with E-state index in [1.165, 1.54) is 0 Å². The van der Waals surface area contributed by atoms with E-state index in [1.807, 2.05) is 38.2 Å². The lowest BCUT2D eigenvalue weighted by molar-refractivity contribution is -0.129. The highest BCUT2D eigenvalue weighted by molar-refractivity contribution is 6.30. The summed E-state index contributed by atoms with van der Waals surface area (Å²) in [6, 6.07) is 11.6. The second kappa shape index (κ2) is 10.2. The zero-order valence-corrected chi connectivity index (χ0v) is 17.9. The minimum absolute atomic E-state index is 0.166. The number of ether oxygens (including phenoxy) is 1. The van der Waals surface area contributed by atoms with Crippen molar-refractivity contribution in [2.75, 3.05) is 20.2 Å². The maximum Gasteiger partial charge on any atom is 0.293 e. The van der Waals surface area contributed by atoms with Gasteiger partial charge in [0, 0.05) is 36.9 Å². The molecule has 2 heterocycles. The second-order valence-electron chi connectivity index (χ2n) is 7.04. The Labute approximate surface area is 180 Å². The van der Waals surface area contributed by atoms with Gasteiger partial charge in [0.2, 0.25) is 0 Å². The number of halogens is 1. The number of carbonyl (C=O) groups is 2. The van der Waals surface area contributed by atoms with Gasteiger partial charge in [-0.05, 0) is 30.7 Å². The van der Waals surface area contributed by atoms with Crippen LogP contribution >= 0.6 is 11.6 Å². The first-order valence-electron chi connectivity index (χ1n) is 9.78. The van der Waals surface area contributed by atoms with Crippen molar-refractivity contribution in [2.45, 2.75) is 26.4 Å². The molecule has 0 unspecified atom stereocenters. The molecular weight excluding hydrogens is 404 g/mol. The van der Waals surface area contributed by atoms with Gasteiger partial charge in [-0.15, -0.1) is 0 Å². The Kier molecular flexibility index (Phi) is 7.43. The van der Waals surface area contributed by atoms with Crippen LogP contribution < -0.4 is 5.32 Å². The maximum absolute atomic E-state index is 12.8. The van der Waals surface area contributed by atoms with Crippen LogP contribution in [0, 0.1) is 0 Å². The fourth-order valence-corrected chi connectivity index (χ4v) is 3.39. The van der Waals surface area contributed by atoms with Crippen LogP contribution in [0.1, 0.15) is 34.2 Å². The number of hydrogen-bond donors (Lipinski definition) is 1. The van der Waals surface area contributed by atoms with Gasteiger partial charge in [0.15, 0.2) is 0 Å². The van der Waals surface area contributed by atoms with Gasteiger partial charge in [-0.25, -0.2) is 4.98 Å². The molecule has 0 fully saturated rings. The van der Waals surface area contributed by atoms with Crippen LogP contribution in [0.2, 0.25) is 5.02 Å². The number of nitrogens with one attached hydrogen (secondary N) is 1. The van der Waals surface area contributed by atoms with Crippen molar-refractivity contribution >= 4 is 29.6 Å². The number of nitrogens with zero attached hydrogens (tertiary/aromatic N) is 3. The highest BCUT2D eigenvalue weighted by atomic mass is 35.5. The maximum atomic E-state index is 12.8. The van der Waals surface area contributed by atoms with Crippen LogP contribution in [0.5, 0.6) is 0 Å². The molecule has 1 N–H and O–H groups in total. The fraction of sp³-hybridized carbons (Fsp3) is 0.318. The third-order valence-electron chi connectivity index (χ3n) is 4.80. The third kappa shape index (κ3) is 5.37. The summed E-state index contributed by atoms with van der Waals surface area (Å²) in [4.78, 5) is 29.6. The molecule has 1 amide bonds. The number of likely N-dealkylation sites (N-methyl/N-ethyl adjacent to an activating group) is 1. The van der Waals surface area contributed by atoms with Gasteiger partial charge in [0.25, 0.3) is 12.4 Å². The van der Waals surface area contributed by atoms with Crippen molar-refractivity contribution in [3.63, 3.8) is 0 Å². The van der Waals surface area contributed by atoms with Gasteiger partial charge >= 0.3 is 0 Å². The summed E-state index contributed by atoms with van der Waals surface area (Å²) < 4.78 is 6.49. The third-order valence-corrected chi connectivity index (χ3v) is 5.03.